The first-order valence-electron chi connectivity index (χ1n) is 15.5. The van der Waals surface area contributed by atoms with Gasteiger partial charge in [0, 0.05) is 18.4 Å². The molecule has 1 aliphatic heterocycles. The van der Waals surface area contributed by atoms with Crippen molar-refractivity contribution in [3.8, 4) is 0 Å². The number of imidazole rings is 1. The summed E-state index contributed by atoms with van der Waals surface area (Å²) in [5.74, 6) is -1.45. The molecule has 3 heterocycles. The van der Waals surface area contributed by atoms with Crippen molar-refractivity contribution in [3.05, 3.63) is 12.7 Å². The number of aromatic nitrogens is 4. The minimum absolute atomic E-state index is 0.0332. The van der Waals surface area contributed by atoms with Crippen LogP contribution in [0.1, 0.15) is 47.3 Å². The lowest BCUT2D eigenvalue weighted by Gasteiger charge is -2.30. The third-order valence-electron chi connectivity index (χ3n) is 7.04. The number of oxime groups is 1. The summed E-state index contributed by atoms with van der Waals surface area (Å²) in [4.78, 5) is 80.5. The Kier molecular flexibility index (Phi) is 15.2. The molecule has 0 radical (unpaired) electrons. The van der Waals surface area contributed by atoms with Gasteiger partial charge in [0.2, 0.25) is 11.8 Å². The molecule has 7 unspecified atom stereocenters. The highest BCUT2D eigenvalue weighted by atomic mass is 31.3. The molecule has 2 amide bonds. The molecule has 0 saturated carbocycles. The number of hydrogen-bond acceptors (Lipinski definition) is 18. The molecule has 53 heavy (non-hydrogen) atoms. The summed E-state index contributed by atoms with van der Waals surface area (Å²) in [5.41, 5.74) is 4.78. The van der Waals surface area contributed by atoms with E-state index in [0.29, 0.717) is 5.71 Å². The van der Waals surface area contributed by atoms with Crippen LogP contribution >= 0.6 is 23.5 Å². The molecule has 1 fully saturated rings. The second-order valence-corrected chi connectivity index (χ2v) is 16.7. The summed E-state index contributed by atoms with van der Waals surface area (Å²) in [7, 11) is -16.4. The maximum atomic E-state index is 12.6. The average molecular weight is 821 g/mol. The first-order chi connectivity index (χ1) is 24.4. The van der Waals surface area contributed by atoms with Gasteiger partial charge in [0.25, 0.3) is 0 Å². The van der Waals surface area contributed by atoms with Crippen LogP contribution in [0.25, 0.3) is 11.2 Å². The molecule has 2 aromatic heterocycles. The molecule has 3 rings (SSSR count). The number of nitrogens with two attached hydrogens (primary N) is 1. The van der Waals surface area contributed by atoms with Crippen molar-refractivity contribution in [1.29, 1.82) is 0 Å². The maximum absolute atomic E-state index is 12.6. The molecule has 0 spiro atoms. The molecule has 0 aromatic carbocycles. The van der Waals surface area contributed by atoms with Crippen LogP contribution in [0.5, 0.6) is 0 Å². The Hall–Kier alpha value is -2.99. The van der Waals surface area contributed by atoms with E-state index in [1.54, 1.807) is 20.8 Å². The predicted octanol–water partition coefficient (Wildman–Crippen LogP) is -0.794. The zero-order chi connectivity index (χ0) is 39.9. The van der Waals surface area contributed by atoms with Crippen LogP contribution in [0.2, 0.25) is 0 Å². The number of aliphatic hydroxyl groups excluding tert-OH is 2. The quantitative estimate of drug-likeness (QED) is 0.0449. The summed E-state index contributed by atoms with van der Waals surface area (Å²) in [6, 6.07) is 0. The number of nitrogens with zero attached hydrogens (tertiary/aromatic N) is 5. The fourth-order valence-electron chi connectivity index (χ4n) is 4.39. The van der Waals surface area contributed by atoms with E-state index in [0.717, 1.165) is 17.2 Å². The number of fused-ring (bicyclic) bond motifs is 1. The zero-order valence-corrected chi connectivity index (χ0v) is 31.7. The van der Waals surface area contributed by atoms with Gasteiger partial charge in [-0.2, -0.15) is 4.31 Å². The van der Waals surface area contributed by atoms with Crippen LogP contribution in [0.3, 0.4) is 0 Å². The summed E-state index contributed by atoms with van der Waals surface area (Å²) in [5, 5.41) is 30.1. The van der Waals surface area contributed by atoms with E-state index < -0.39 is 84.6 Å². The number of nitrogens with one attached hydrogen (secondary N) is 2. The first-order valence-corrected chi connectivity index (χ1v) is 20.0. The third kappa shape index (κ3) is 13.4. The van der Waals surface area contributed by atoms with Gasteiger partial charge in [0.15, 0.2) is 17.7 Å². The predicted molar refractivity (Wildman–Crippen MR) is 179 cm³/mol. The number of carbonyl (C=O) groups excluding carboxylic acids is 2. The summed E-state index contributed by atoms with van der Waals surface area (Å²) < 4.78 is 62.0. The molecule has 300 valence electrons. The second kappa shape index (κ2) is 18.1. The van der Waals surface area contributed by atoms with Crippen molar-refractivity contribution in [1.82, 2.24) is 30.2 Å². The van der Waals surface area contributed by atoms with E-state index in [1.807, 2.05) is 0 Å². The Balaban J connectivity index is 1.54. The molecule has 7 atom stereocenters. The van der Waals surface area contributed by atoms with Gasteiger partial charge in [0.1, 0.15) is 42.4 Å². The number of rotatable bonds is 20. The fraction of sp³-hybridized carbons (Fsp3) is 0.680. The minimum atomic E-state index is -5.56. The number of aliphatic hydroxyl groups is 2. The summed E-state index contributed by atoms with van der Waals surface area (Å²) >= 11 is 0. The van der Waals surface area contributed by atoms with Crippen LogP contribution < -0.4 is 16.4 Å². The Labute approximate surface area is 301 Å². The fourth-order valence-corrected chi connectivity index (χ4v) is 7.22. The molecule has 1 saturated heterocycles. The molecule has 1 aliphatic rings. The van der Waals surface area contributed by atoms with Crippen molar-refractivity contribution in [2.75, 3.05) is 32.0 Å². The lowest BCUT2D eigenvalue weighted by Crippen LogP contribution is -2.46. The Bertz CT molecular complexity index is 1770. The van der Waals surface area contributed by atoms with Crippen LogP contribution in [-0.2, 0) is 50.7 Å². The largest absolute Gasteiger partial charge is 0.481 e. The molecule has 10 N–H and O–H groups in total. The number of amides is 2. The molecule has 25 nitrogen and oxygen atoms in total. The number of ether oxygens (including phenoxy) is 1. The van der Waals surface area contributed by atoms with Crippen molar-refractivity contribution in [3.63, 3.8) is 0 Å². The van der Waals surface area contributed by atoms with E-state index >= 15 is 0 Å². The summed E-state index contributed by atoms with van der Waals surface area (Å²) in [6.07, 6.45) is -7.02. The Morgan fingerprint density at radius 3 is 2.40 bits per heavy atom. The van der Waals surface area contributed by atoms with Gasteiger partial charge in [-0.15, -0.1) is 0 Å². The van der Waals surface area contributed by atoms with Gasteiger partial charge >= 0.3 is 23.5 Å². The number of carbonyl (C=O) groups is 2. The lowest BCUT2D eigenvalue weighted by atomic mass is 9.87. The van der Waals surface area contributed by atoms with Crippen LogP contribution in [0.4, 0.5) is 5.82 Å². The lowest BCUT2D eigenvalue weighted by molar-refractivity contribution is -0.137. The first kappa shape index (κ1) is 44.4. The van der Waals surface area contributed by atoms with E-state index in [9.17, 15) is 53.1 Å². The highest BCUT2D eigenvalue weighted by molar-refractivity contribution is 7.61. The van der Waals surface area contributed by atoms with Gasteiger partial charge in [-0.3, -0.25) is 27.7 Å². The Morgan fingerprint density at radius 2 is 1.75 bits per heavy atom. The minimum Gasteiger partial charge on any atom is -0.393 e. The van der Waals surface area contributed by atoms with E-state index in [2.05, 4.69) is 39.6 Å². The van der Waals surface area contributed by atoms with E-state index in [-0.39, 0.29) is 42.6 Å². The standard InChI is InChI=1S/C25H43N8O17P3/c1-13(2)48-32-14(3)8-28-16(34)6-7-27-23(37)20(36)25(4,5)10-46-53(43,44)50-52(41,42)45-9-15-19(49-51(38,39)40)18(35)24(47-15)33-12-31-17-21(26)29-11-30-22(17)33/h11-13,15,18-20,24,35-36H,6-10H2,1-5H3,(H,27,37)(H,28,34)(H,41,42)(H,43,44)(H2,26,29,30)(H2,38,39,40)/b32-14+. The third-order valence-corrected chi connectivity index (χ3v) is 10.1. The molecular formula is C25H43N8O17P3. The average Bonchev–Trinajstić information content (AvgIpc) is 3.60. The molecule has 0 aliphatic carbocycles. The van der Waals surface area contributed by atoms with Crippen molar-refractivity contribution >= 4 is 58.0 Å². The normalized spacial score (nSPS) is 22.7. The van der Waals surface area contributed by atoms with Crippen LogP contribution in [-0.4, -0.2) is 124 Å². The monoisotopic (exact) mass is 820 g/mol. The van der Waals surface area contributed by atoms with Crippen LogP contribution in [0.15, 0.2) is 17.8 Å². The van der Waals surface area contributed by atoms with E-state index in [1.165, 1.54) is 13.8 Å². The van der Waals surface area contributed by atoms with Crippen LogP contribution in [0, 0.1) is 5.41 Å². The second-order valence-electron chi connectivity index (χ2n) is 12.5. The van der Waals surface area contributed by atoms with Crippen molar-refractivity contribution < 1.29 is 80.5 Å². The van der Waals surface area contributed by atoms with Gasteiger partial charge in [0.05, 0.1) is 31.8 Å². The Morgan fingerprint density at radius 1 is 1.09 bits per heavy atom. The van der Waals surface area contributed by atoms with E-state index in [4.69, 9.17) is 24.4 Å². The zero-order valence-electron chi connectivity index (χ0n) is 29.0. The molecule has 2 aromatic rings. The molecule has 0 bridgehead atoms. The summed E-state index contributed by atoms with van der Waals surface area (Å²) in [6.45, 7) is 5.62. The topological polar surface area (TPSA) is 368 Å². The number of anilines is 1. The maximum Gasteiger partial charge on any atom is 0.481 e. The van der Waals surface area contributed by atoms with Gasteiger partial charge in [-0.25, -0.2) is 28.6 Å². The van der Waals surface area contributed by atoms with Gasteiger partial charge < -0.3 is 55.7 Å². The highest BCUT2D eigenvalue weighted by Gasteiger charge is 2.50. The highest BCUT2D eigenvalue weighted by Crippen LogP contribution is 2.61. The molecular weight excluding hydrogens is 777 g/mol. The smallest absolute Gasteiger partial charge is 0.393 e. The SMILES string of the molecule is C/C(CNC(=O)CCNC(=O)C(O)C(C)(C)COP(=O)(O)OP(=O)(O)OCC1OC(n2cnc3c(N)ncnc32)C(O)C1OP(=O)(O)O)=N\OC(C)C. The van der Waals surface area contributed by atoms with Gasteiger partial charge in [-0.1, -0.05) is 19.0 Å². The number of phosphoric ester groups is 3. The van der Waals surface area contributed by atoms with Crippen molar-refractivity contribution in [2.24, 2.45) is 10.6 Å². The van der Waals surface area contributed by atoms with Gasteiger partial charge in [-0.05, 0) is 20.8 Å². The number of nitrogen functional groups attached to an aromatic ring is 1. The number of phosphoric acid groups is 3. The van der Waals surface area contributed by atoms with Crippen molar-refractivity contribution in [2.45, 2.75) is 77.8 Å². The molecule has 28 heteroatoms. The number of hydrogen-bond donors (Lipinski definition) is 9.